The van der Waals surface area contributed by atoms with E-state index < -0.39 is 0 Å². The van der Waals surface area contributed by atoms with Gasteiger partial charge in [0.05, 0.1) is 13.2 Å². The first kappa shape index (κ1) is 18.0. The molecule has 1 amide bonds. The zero-order valence-electron chi connectivity index (χ0n) is 14.3. The highest BCUT2D eigenvalue weighted by molar-refractivity contribution is 5.97. The van der Waals surface area contributed by atoms with Gasteiger partial charge in [0.25, 0.3) is 5.91 Å². The van der Waals surface area contributed by atoms with Crippen LogP contribution in [0.4, 0.5) is 5.69 Å². The number of ether oxygens (including phenoxy) is 1. The summed E-state index contributed by atoms with van der Waals surface area (Å²) < 4.78 is 5.29. The first-order chi connectivity index (χ1) is 11.6. The van der Waals surface area contributed by atoms with E-state index in [0.29, 0.717) is 6.54 Å². The molecule has 0 radical (unpaired) electrons. The van der Waals surface area contributed by atoms with Crippen LogP contribution in [0.5, 0.6) is 0 Å². The largest absolute Gasteiger partial charge is 0.379 e. The van der Waals surface area contributed by atoms with Crippen LogP contribution >= 0.6 is 0 Å². The Balaban J connectivity index is 1.86. The average Bonchev–Trinajstić information content (AvgIpc) is 2.60. The van der Waals surface area contributed by atoms with Crippen molar-refractivity contribution in [1.82, 2.24) is 10.2 Å². The molecule has 1 saturated heterocycles. The molecule has 0 bridgehead atoms. The van der Waals surface area contributed by atoms with Crippen molar-refractivity contribution >= 4 is 11.6 Å². The molecule has 0 saturated carbocycles. The van der Waals surface area contributed by atoms with Crippen molar-refractivity contribution in [3.8, 4) is 6.07 Å². The number of aryl methyl sites for hydroxylation is 1. The number of amides is 1. The van der Waals surface area contributed by atoms with E-state index in [1.165, 1.54) is 6.20 Å². The molecule has 6 heteroatoms. The Morgan fingerprint density at radius 1 is 1.38 bits per heavy atom. The third kappa shape index (κ3) is 5.08. The summed E-state index contributed by atoms with van der Waals surface area (Å²) in [5.41, 5.74) is 3.21. The second-order valence-electron chi connectivity index (χ2n) is 5.77. The molecule has 6 nitrogen and oxygen atoms in total. The summed E-state index contributed by atoms with van der Waals surface area (Å²) in [6.07, 6.45) is 1.46. The van der Waals surface area contributed by atoms with Crippen molar-refractivity contribution in [2.45, 2.75) is 13.8 Å². The normalized spacial score (nSPS) is 15.6. The van der Waals surface area contributed by atoms with Gasteiger partial charge in [-0.3, -0.25) is 9.69 Å². The predicted octanol–water partition coefficient (Wildman–Crippen LogP) is 1.57. The van der Waals surface area contributed by atoms with Crippen LogP contribution in [0.2, 0.25) is 0 Å². The summed E-state index contributed by atoms with van der Waals surface area (Å²) >= 11 is 0. The van der Waals surface area contributed by atoms with E-state index in [0.717, 1.165) is 49.7 Å². The molecule has 1 aromatic carbocycles. The van der Waals surface area contributed by atoms with Crippen LogP contribution in [-0.4, -0.2) is 50.2 Å². The van der Waals surface area contributed by atoms with Crippen molar-refractivity contribution in [2.75, 3.05) is 44.7 Å². The van der Waals surface area contributed by atoms with Gasteiger partial charge in [0, 0.05) is 38.1 Å². The number of carbonyl (C=O) groups excluding carboxylic acids is 1. The molecule has 1 aromatic rings. The number of hydrogen-bond acceptors (Lipinski definition) is 5. The monoisotopic (exact) mass is 328 g/mol. The fourth-order valence-electron chi connectivity index (χ4n) is 2.45. The second-order valence-corrected chi connectivity index (χ2v) is 5.77. The number of nitrogens with zero attached hydrogens (tertiary/aromatic N) is 2. The van der Waals surface area contributed by atoms with Crippen LogP contribution in [-0.2, 0) is 9.53 Å². The lowest BCUT2D eigenvalue weighted by atomic mass is 10.1. The number of anilines is 1. The Hall–Kier alpha value is -2.36. The molecule has 2 rings (SSSR count). The minimum absolute atomic E-state index is 0.0675. The Morgan fingerprint density at radius 2 is 2.12 bits per heavy atom. The zero-order chi connectivity index (χ0) is 17.4. The Labute approximate surface area is 143 Å². The van der Waals surface area contributed by atoms with E-state index in [1.54, 1.807) is 0 Å². The molecule has 0 unspecified atom stereocenters. The maximum absolute atomic E-state index is 12.1. The number of benzene rings is 1. The lowest BCUT2D eigenvalue weighted by Crippen LogP contribution is -2.41. The highest BCUT2D eigenvalue weighted by Crippen LogP contribution is 2.18. The molecule has 128 valence electrons. The Morgan fingerprint density at radius 3 is 2.83 bits per heavy atom. The number of carbonyl (C=O) groups is 1. The van der Waals surface area contributed by atoms with Gasteiger partial charge in [-0.15, -0.1) is 0 Å². The van der Waals surface area contributed by atoms with Crippen LogP contribution in [0.3, 0.4) is 0 Å². The third-order valence-corrected chi connectivity index (χ3v) is 4.16. The second kappa shape index (κ2) is 9.06. The number of nitriles is 1. The molecule has 1 aliphatic rings. The highest BCUT2D eigenvalue weighted by Gasteiger charge is 2.12. The summed E-state index contributed by atoms with van der Waals surface area (Å²) in [4.78, 5) is 14.3. The molecule has 1 heterocycles. The lowest BCUT2D eigenvalue weighted by Gasteiger charge is -2.26. The van der Waals surface area contributed by atoms with E-state index in [2.05, 4.69) is 15.5 Å². The maximum atomic E-state index is 12.1. The van der Waals surface area contributed by atoms with Crippen LogP contribution in [0.25, 0.3) is 0 Å². The van der Waals surface area contributed by atoms with Gasteiger partial charge in [0.1, 0.15) is 11.6 Å². The van der Waals surface area contributed by atoms with Gasteiger partial charge in [-0.2, -0.15) is 5.26 Å². The predicted molar refractivity (Wildman–Crippen MR) is 93.5 cm³/mol. The van der Waals surface area contributed by atoms with Crippen LogP contribution in [0, 0.1) is 25.2 Å². The van der Waals surface area contributed by atoms with Crippen LogP contribution < -0.4 is 10.6 Å². The summed E-state index contributed by atoms with van der Waals surface area (Å²) in [6.45, 7) is 8.53. The van der Waals surface area contributed by atoms with E-state index >= 15 is 0 Å². The third-order valence-electron chi connectivity index (χ3n) is 4.16. The highest BCUT2D eigenvalue weighted by atomic mass is 16.5. The minimum atomic E-state index is -0.358. The van der Waals surface area contributed by atoms with Gasteiger partial charge in [-0.25, -0.2) is 0 Å². The molecule has 0 aromatic heterocycles. The Bertz CT molecular complexity index is 643. The van der Waals surface area contributed by atoms with Crippen molar-refractivity contribution in [1.29, 1.82) is 5.26 Å². The van der Waals surface area contributed by atoms with E-state index in [1.807, 2.05) is 38.1 Å². The lowest BCUT2D eigenvalue weighted by molar-refractivity contribution is -0.117. The fourth-order valence-corrected chi connectivity index (χ4v) is 2.45. The topological polar surface area (TPSA) is 77.4 Å². The van der Waals surface area contributed by atoms with Crippen LogP contribution in [0.1, 0.15) is 11.1 Å². The maximum Gasteiger partial charge on any atom is 0.263 e. The van der Waals surface area contributed by atoms with Gasteiger partial charge in [0.15, 0.2) is 0 Å². The van der Waals surface area contributed by atoms with Gasteiger partial charge in [-0.05, 0) is 31.0 Å². The van der Waals surface area contributed by atoms with Crippen molar-refractivity contribution in [2.24, 2.45) is 0 Å². The average molecular weight is 328 g/mol. The summed E-state index contributed by atoms with van der Waals surface area (Å²) in [6, 6.07) is 7.83. The molecular weight excluding hydrogens is 304 g/mol. The smallest absolute Gasteiger partial charge is 0.263 e. The van der Waals surface area contributed by atoms with Gasteiger partial charge in [-0.1, -0.05) is 12.1 Å². The van der Waals surface area contributed by atoms with Crippen molar-refractivity contribution in [3.63, 3.8) is 0 Å². The number of hydrogen-bond donors (Lipinski definition) is 2. The van der Waals surface area contributed by atoms with Gasteiger partial charge >= 0.3 is 0 Å². The van der Waals surface area contributed by atoms with Gasteiger partial charge < -0.3 is 15.4 Å². The number of rotatable bonds is 6. The summed E-state index contributed by atoms with van der Waals surface area (Å²) in [7, 11) is 0. The summed E-state index contributed by atoms with van der Waals surface area (Å²) in [5, 5.41) is 15.0. The zero-order valence-corrected chi connectivity index (χ0v) is 14.3. The first-order valence-electron chi connectivity index (χ1n) is 8.13. The SMILES string of the molecule is Cc1cccc(N/C=C(/C#N)C(=O)NCCN2CCOCC2)c1C. The fraction of sp³-hybridized carbons (Fsp3) is 0.444. The molecule has 0 aliphatic carbocycles. The molecule has 2 N–H and O–H groups in total. The van der Waals surface area contributed by atoms with E-state index in [-0.39, 0.29) is 11.5 Å². The van der Waals surface area contributed by atoms with E-state index in [4.69, 9.17) is 4.74 Å². The molecule has 0 atom stereocenters. The van der Waals surface area contributed by atoms with Crippen molar-refractivity contribution in [3.05, 3.63) is 41.1 Å². The van der Waals surface area contributed by atoms with Crippen LogP contribution in [0.15, 0.2) is 30.0 Å². The minimum Gasteiger partial charge on any atom is -0.379 e. The molecular formula is C18H24N4O2. The quantitative estimate of drug-likeness (QED) is 0.612. The van der Waals surface area contributed by atoms with E-state index in [9.17, 15) is 10.1 Å². The number of morpholine rings is 1. The Kier molecular flexibility index (Phi) is 6.79. The molecule has 1 aliphatic heterocycles. The standard InChI is InChI=1S/C18H24N4O2/c1-14-4-3-5-17(15(14)2)21-13-16(12-19)18(23)20-6-7-22-8-10-24-11-9-22/h3-5,13,21H,6-11H2,1-2H3,(H,20,23)/b16-13-. The summed E-state index contributed by atoms with van der Waals surface area (Å²) in [5.74, 6) is -0.358. The molecule has 1 fully saturated rings. The molecule has 0 spiro atoms. The molecule has 24 heavy (non-hydrogen) atoms. The first-order valence-corrected chi connectivity index (χ1v) is 8.13. The van der Waals surface area contributed by atoms with Gasteiger partial charge in [0.2, 0.25) is 0 Å². The van der Waals surface area contributed by atoms with Crippen molar-refractivity contribution < 1.29 is 9.53 Å². The number of nitrogens with one attached hydrogen (secondary N) is 2.